The van der Waals surface area contributed by atoms with E-state index in [1.807, 2.05) is 0 Å². The fourth-order valence-corrected chi connectivity index (χ4v) is 4.09. The van der Waals surface area contributed by atoms with E-state index in [1.165, 1.54) is 44.9 Å². The lowest BCUT2D eigenvalue weighted by atomic mass is 9.80. The lowest BCUT2D eigenvalue weighted by molar-refractivity contribution is -0.132. The summed E-state index contributed by atoms with van der Waals surface area (Å²) < 4.78 is 5.34. The first kappa shape index (κ1) is 18.2. The van der Waals surface area contributed by atoms with Crippen molar-refractivity contribution in [2.75, 3.05) is 45.9 Å². The molecule has 23 heavy (non-hydrogen) atoms. The molecular formula is C17H30N2O4. The molecule has 1 amide bonds. The van der Waals surface area contributed by atoms with Gasteiger partial charge < -0.3 is 14.7 Å². The lowest BCUT2D eigenvalue weighted by Crippen LogP contribution is -2.44. The highest BCUT2D eigenvalue weighted by molar-refractivity contribution is 5.78. The largest absolute Gasteiger partial charge is 0.483 e. The van der Waals surface area contributed by atoms with E-state index >= 15 is 0 Å². The van der Waals surface area contributed by atoms with Crippen LogP contribution in [0.15, 0.2) is 0 Å². The predicted octanol–water partition coefficient (Wildman–Crippen LogP) is 1.59. The number of ether oxygens (including phenoxy) is 1. The van der Waals surface area contributed by atoms with Crippen molar-refractivity contribution in [1.82, 2.24) is 9.80 Å². The van der Waals surface area contributed by atoms with Gasteiger partial charge in [-0.2, -0.15) is 0 Å². The van der Waals surface area contributed by atoms with E-state index in [4.69, 9.17) is 14.6 Å². The maximum atomic E-state index is 12.5. The van der Waals surface area contributed by atoms with Crippen LogP contribution in [0.2, 0.25) is 0 Å². The Kier molecular flexibility index (Phi) is 7.30. The molecule has 6 nitrogen and oxygen atoms in total. The number of carboxylic acid groups (broad SMARTS) is 1. The zero-order chi connectivity index (χ0) is 16.5. The number of amides is 1. The van der Waals surface area contributed by atoms with Crippen LogP contribution in [-0.2, 0) is 14.3 Å². The van der Waals surface area contributed by atoms with Crippen LogP contribution in [0.25, 0.3) is 0 Å². The molecule has 3 fully saturated rings. The fraction of sp³-hybridized carbons (Fsp3) is 0.882. The van der Waals surface area contributed by atoms with Gasteiger partial charge in [-0.25, -0.2) is 0 Å². The molecule has 3 aliphatic rings. The minimum atomic E-state index is -0.250. The molecule has 1 saturated carbocycles. The highest BCUT2D eigenvalue weighted by Gasteiger charge is 2.39. The summed E-state index contributed by atoms with van der Waals surface area (Å²) in [6.45, 7) is 5.72. The molecule has 132 valence electrons. The summed E-state index contributed by atoms with van der Waals surface area (Å²) in [7, 11) is 0. The summed E-state index contributed by atoms with van der Waals surface area (Å²) in [5.41, 5.74) is 0.469. The molecule has 1 spiro atoms. The average molecular weight is 326 g/mol. The third kappa shape index (κ3) is 5.46. The van der Waals surface area contributed by atoms with Crippen LogP contribution in [-0.4, -0.2) is 73.2 Å². The summed E-state index contributed by atoms with van der Waals surface area (Å²) in [6.07, 6.45) is 9.44. The molecule has 0 unspecified atom stereocenters. The van der Waals surface area contributed by atoms with E-state index < -0.39 is 0 Å². The number of likely N-dealkylation sites (tertiary alicyclic amines) is 1. The minimum Gasteiger partial charge on any atom is -0.483 e. The van der Waals surface area contributed by atoms with Gasteiger partial charge in [-0.3, -0.25) is 14.5 Å². The van der Waals surface area contributed by atoms with Crippen molar-refractivity contribution in [2.45, 2.75) is 44.9 Å². The SMILES string of the molecule is O=C(CN1CCOCC1)N1CCC2(CCCCCC2)C1.O=CO. The molecule has 3 rings (SSSR count). The second kappa shape index (κ2) is 9.23. The van der Waals surface area contributed by atoms with Gasteiger partial charge in [-0.05, 0) is 24.7 Å². The number of carbonyl (C=O) groups is 2. The molecule has 2 heterocycles. The number of hydrogen-bond acceptors (Lipinski definition) is 4. The van der Waals surface area contributed by atoms with E-state index in [1.54, 1.807) is 0 Å². The van der Waals surface area contributed by atoms with Crippen LogP contribution in [0.1, 0.15) is 44.9 Å². The summed E-state index contributed by atoms with van der Waals surface area (Å²) in [4.78, 5) is 25.2. The van der Waals surface area contributed by atoms with Crippen molar-refractivity contribution in [2.24, 2.45) is 5.41 Å². The Morgan fingerprint density at radius 1 is 1.04 bits per heavy atom. The predicted molar refractivity (Wildman–Crippen MR) is 87.3 cm³/mol. The van der Waals surface area contributed by atoms with Crippen LogP contribution in [0, 0.1) is 5.41 Å². The Hall–Kier alpha value is -1.14. The number of carbonyl (C=O) groups excluding carboxylic acids is 1. The molecular weight excluding hydrogens is 296 g/mol. The topological polar surface area (TPSA) is 70.1 Å². The Balaban J connectivity index is 0.000000595. The average Bonchev–Trinajstić information content (AvgIpc) is 2.83. The van der Waals surface area contributed by atoms with Gasteiger partial charge in [0.25, 0.3) is 6.47 Å². The Labute approximate surface area is 138 Å². The fourth-order valence-electron chi connectivity index (χ4n) is 4.09. The molecule has 0 aromatic heterocycles. The van der Waals surface area contributed by atoms with Gasteiger partial charge in [0, 0.05) is 26.2 Å². The molecule has 1 N–H and O–H groups in total. The van der Waals surface area contributed by atoms with Gasteiger partial charge in [0.15, 0.2) is 0 Å². The smallest absolute Gasteiger partial charge is 0.290 e. The van der Waals surface area contributed by atoms with Crippen LogP contribution in [0.5, 0.6) is 0 Å². The van der Waals surface area contributed by atoms with E-state index in [9.17, 15) is 4.79 Å². The monoisotopic (exact) mass is 326 g/mol. The second-order valence-corrected chi connectivity index (χ2v) is 6.97. The Bertz CT molecular complexity index is 375. The Morgan fingerprint density at radius 2 is 1.65 bits per heavy atom. The van der Waals surface area contributed by atoms with E-state index in [-0.39, 0.29) is 6.47 Å². The van der Waals surface area contributed by atoms with Crippen LogP contribution in [0.3, 0.4) is 0 Å². The quantitative estimate of drug-likeness (QED) is 0.781. The minimum absolute atomic E-state index is 0.250. The van der Waals surface area contributed by atoms with Crippen LogP contribution < -0.4 is 0 Å². The summed E-state index contributed by atoms with van der Waals surface area (Å²) >= 11 is 0. The van der Waals surface area contributed by atoms with E-state index in [0.717, 1.165) is 39.4 Å². The second-order valence-electron chi connectivity index (χ2n) is 6.97. The molecule has 0 aromatic carbocycles. The molecule has 2 saturated heterocycles. The molecule has 0 bridgehead atoms. The maximum Gasteiger partial charge on any atom is 0.290 e. The zero-order valence-corrected chi connectivity index (χ0v) is 14.0. The van der Waals surface area contributed by atoms with Crippen molar-refractivity contribution in [3.05, 3.63) is 0 Å². The summed E-state index contributed by atoms with van der Waals surface area (Å²) in [6, 6.07) is 0. The zero-order valence-electron chi connectivity index (χ0n) is 14.0. The normalized spacial score (nSPS) is 24.6. The van der Waals surface area contributed by atoms with Gasteiger partial charge in [0.2, 0.25) is 5.91 Å². The third-order valence-corrected chi connectivity index (χ3v) is 5.42. The standard InChI is InChI=1S/C16H28N2O2.CH2O2/c19-15(13-17-9-11-20-12-10-17)18-8-7-16(14-18)5-3-1-2-4-6-16;2-1-3/h1-14H2;1H,(H,2,3). The molecule has 0 aromatic rings. The van der Waals surface area contributed by atoms with Gasteiger partial charge in [0.1, 0.15) is 0 Å². The number of hydrogen-bond donors (Lipinski definition) is 1. The van der Waals surface area contributed by atoms with Gasteiger partial charge in [0.05, 0.1) is 19.8 Å². The van der Waals surface area contributed by atoms with Gasteiger partial charge in [-0.15, -0.1) is 0 Å². The summed E-state index contributed by atoms with van der Waals surface area (Å²) in [5.74, 6) is 0.341. The van der Waals surface area contributed by atoms with Crippen LogP contribution >= 0.6 is 0 Å². The lowest BCUT2D eigenvalue weighted by Gasteiger charge is -2.30. The van der Waals surface area contributed by atoms with Crippen molar-refractivity contribution >= 4 is 12.4 Å². The van der Waals surface area contributed by atoms with E-state index in [2.05, 4.69) is 9.80 Å². The molecule has 2 aliphatic heterocycles. The molecule has 6 heteroatoms. The molecule has 1 aliphatic carbocycles. The Morgan fingerprint density at radius 3 is 2.26 bits per heavy atom. The van der Waals surface area contributed by atoms with E-state index in [0.29, 0.717) is 17.9 Å². The first-order valence-electron chi connectivity index (χ1n) is 8.85. The van der Waals surface area contributed by atoms with Crippen molar-refractivity contribution < 1.29 is 19.4 Å². The van der Waals surface area contributed by atoms with Crippen molar-refractivity contribution in [3.8, 4) is 0 Å². The molecule has 0 atom stereocenters. The van der Waals surface area contributed by atoms with Gasteiger partial charge >= 0.3 is 0 Å². The maximum absolute atomic E-state index is 12.5. The van der Waals surface area contributed by atoms with Crippen molar-refractivity contribution in [1.29, 1.82) is 0 Å². The highest BCUT2D eigenvalue weighted by Crippen LogP contribution is 2.42. The number of nitrogens with zero attached hydrogens (tertiary/aromatic N) is 2. The number of rotatable bonds is 2. The first-order chi connectivity index (χ1) is 11.2. The highest BCUT2D eigenvalue weighted by atomic mass is 16.5. The van der Waals surface area contributed by atoms with Crippen molar-refractivity contribution in [3.63, 3.8) is 0 Å². The van der Waals surface area contributed by atoms with Gasteiger partial charge in [-0.1, -0.05) is 25.7 Å². The van der Waals surface area contributed by atoms with Crippen LogP contribution in [0.4, 0.5) is 0 Å². The third-order valence-electron chi connectivity index (χ3n) is 5.42. The summed E-state index contributed by atoms with van der Waals surface area (Å²) in [5, 5.41) is 6.89. The molecule has 0 radical (unpaired) electrons. The first-order valence-corrected chi connectivity index (χ1v) is 8.85. The number of morpholine rings is 1.